The van der Waals surface area contributed by atoms with Crippen molar-refractivity contribution in [1.82, 2.24) is 4.90 Å². The molecule has 0 saturated carbocycles. The molecule has 0 amide bonds. The highest BCUT2D eigenvalue weighted by Crippen LogP contribution is 2.33. The van der Waals surface area contributed by atoms with Crippen LogP contribution in [-0.2, 0) is 6.54 Å². The predicted molar refractivity (Wildman–Crippen MR) is 83.7 cm³/mol. The maximum absolute atomic E-state index is 6.32. The van der Waals surface area contributed by atoms with Gasteiger partial charge in [0.05, 0.1) is 11.4 Å². The van der Waals surface area contributed by atoms with E-state index in [2.05, 4.69) is 36.2 Å². The molecule has 0 aromatic heterocycles. The van der Waals surface area contributed by atoms with Crippen molar-refractivity contribution >= 4 is 23.0 Å². The Hall–Kier alpha value is -1.19. The van der Waals surface area contributed by atoms with Gasteiger partial charge < -0.3 is 11.1 Å². The molecule has 1 aromatic carbocycles. The van der Waals surface area contributed by atoms with Gasteiger partial charge in [-0.15, -0.1) is 0 Å². The van der Waals surface area contributed by atoms with E-state index in [1.165, 1.54) is 0 Å². The van der Waals surface area contributed by atoms with E-state index in [0.29, 0.717) is 6.04 Å². The van der Waals surface area contributed by atoms with E-state index in [1.54, 1.807) is 0 Å². The number of allylic oxidation sites excluding steroid dienone is 1. The van der Waals surface area contributed by atoms with E-state index in [1.807, 2.05) is 12.1 Å². The molecule has 1 atom stereocenters. The Bertz CT molecular complexity index is 471. The average molecular weight is 280 g/mol. The second kappa shape index (κ2) is 6.31. The van der Waals surface area contributed by atoms with E-state index in [0.717, 1.165) is 48.0 Å². The van der Waals surface area contributed by atoms with Crippen molar-refractivity contribution < 1.29 is 0 Å². The molecule has 1 heterocycles. The zero-order chi connectivity index (χ0) is 13.8. The molecule has 1 aliphatic rings. The first-order valence-corrected chi connectivity index (χ1v) is 7.21. The summed E-state index contributed by atoms with van der Waals surface area (Å²) in [6, 6.07) is 4.20. The molecule has 0 fully saturated rings. The molecule has 3 N–H and O–H groups in total. The molecule has 0 spiro atoms. The summed E-state index contributed by atoms with van der Waals surface area (Å²) in [4.78, 5) is 2.41. The summed E-state index contributed by atoms with van der Waals surface area (Å²) >= 11 is 6.32. The monoisotopic (exact) mass is 279 g/mol. The number of hydrogen-bond acceptors (Lipinski definition) is 3. The number of anilines is 2. The Morgan fingerprint density at radius 2 is 2.26 bits per heavy atom. The van der Waals surface area contributed by atoms with Crippen LogP contribution in [0.2, 0.25) is 5.02 Å². The van der Waals surface area contributed by atoms with Crippen LogP contribution >= 0.6 is 11.6 Å². The summed E-state index contributed by atoms with van der Waals surface area (Å²) < 4.78 is 0. The summed E-state index contributed by atoms with van der Waals surface area (Å²) in [5, 5.41) is 4.22. The van der Waals surface area contributed by atoms with Crippen LogP contribution in [0.25, 0.3) is 0 Å². The molecule has 1 aromatic rings. The number of nitrogens with one attached hydrogen (secondary N) is 1. The maximum atomic E-state index is 6.32. The third-order valence-corrected chi connectivity index (χ3v) is 3.94. The number of nitrogens with zero attached hydrogens (tertiary/aromatic N) is 1. The average Bonchev–Trinajstić information content (AvgIpc) is 2.56. The Balaban J connectivity index is 2.25. The quantitative estimate of drug-likeness (QED) is 0.657. The Kier molecular flexibility index (Phi) is 4.72. The van der Waals surface area contributed by atoms with Crippen molar-refractivity contribution in [3.05, 3.63) is 34.9 Å². The van der Waals surface area contributed by atoms with Crippen LogP contribution in [0.5, 0.6) is 0 Å². The van der Waals surface area contributed by atoms with Gasteiger partial charge in [0, 0.05) is 36.3 Å². The summed E-state index contributed by atoms with van der Waals surface area (Å²) in [6.07, 6.45) is 5.50. The van der Waals surface area contributed by atoms with Gasteiger partial charge in [0.2, 0.25) is 0 Å². The topological polar surface area (TPSA) is 41.3 Å². The first-order chi connectivity index (χ1) is 9.13. The lowest BCUT2D eigenvalue weighted by Crippen LogP contribution is -2.35. The van der Waals surface area contributed by atoms with Gasteiger partial charge >= 0.3 is 0 Å². The molecule has 1 aliphatic heterocycles. The second-order valence-electron chi connectivity index (χ2n) is 5.03. The lowest BCUT2D eigenvalue weighted by atomic mass is 10.1. The Labute approximate surface area is 120 Å². The third kappa shape index (κ3) is 3.23. The summed E-state index contributed by atoms with van der Waals surface area (Å²) in [6.45, 7) is 7.04. The number of halogens is 1. The minimum Gasteiger partial charge on any atom is -0.397 e. The highest BCUT2D eigenvalue weighted by atomic mass is 35.5. The number of benzene rings is 1. The minimum absolute atomic E-state index is 0.448. The van der Waals surface area contributed by atoms with Crippen LogP contribution < -0.4 is 11.1 Å². The van der Waals surface area contributed by atoms with Gasteiger partial charge in [-0.05, 0) is 25.5 Å². The third-order valence-electron chi connectivity index (χ3n) is 3.59. The van der Waals surface area contributed by atoms with E-state index >= 15 is 0 Å². The Morgan fingerprint density at radius 3 is 3.00 bits per heavy atom. The number of hydrogen-bond donors (Lipinski definition) is 2. The van der Waals surface area contributed by atoms with Crippen molar-refractivity contribution in [1.29, 1.82) is 0 Å². The SMILES string of the molecule is CC/C=C\CN1Cc2c(Cl)ccc(N)c2NC[C@@H]1C. The van der Waals surface area contributed by atoms with Crippen LogP contribution in [0.15, 0.2) is 24.3 Å². The first kappa shape index (κ1) is 14.2. The molecule has 0 aliphatic carbocycles. The molecule has 19 heavy (non-hydrogen) atoms. The lowest BCUT2D eigenvalue weighted by Gasteiger charge is -2.25. The number of rotatable bonds is 3. The smallest absolute Gasteiger partial charge is 0.0635 e. The van der Waals surface area contributed by atoms with Crippen LogP contribution in [0, 0.1) is 0 Å². The van der Waals surface area contributed by atoms with Gasteiger partial charge in [-0.25, -0.2) is 0 Å². The first-order valence-electron chi connectivity index (χ1n) is 6.83. The van der Waals surface area contributed by atoms with Gasteiger partial charge in [0.1, 0.15) is 0 Å². The second-order valence-corrected chi connectivity index (χ2v) is 5.44. The normalized spacial score (nSPS) is 20.1. The van der Waals surface area contributed by atoms with Gasteiger partial charge in [-0.3, -0.25) is 4.90 Å². The number of fused-ring (bicyclic) bond motifs is 1. The molecule has 0 bridgehead atoms. The molecule has 3 nitrogen and oxygen atoms in total. The van der Waals surface area contributed by atoms with Crippen LogP contribution in [0.4, 0.5) is 11.4 Å². The van der Waals surface area contributed by atoms with Crippen LogP contribution in [-0.4, -0.2) is 24.0 Å². The maximum Gasteiger partial charge on any atom is 0.0635 e. The molecule has 2 rings (SSSR count). The van der Waals surface area contributed by atoms with Gasteiger partial charge in [0.15, 0.2) is 0 Å². The highest BCUT2D eigenvalue weighted by molar-refractivity contribution is 6.32. The van der Waals surface area contributed by atoms with E-state index in [-0.39, 0.29) is 0 Å². The Morgan fingerprint density at radius 1 is 1.47 bits per heavy atom. The zero-order valence-corrected chi connectivity index (χ0v) is 12.4. The predicted octanol–water partition coefficient (Wildman–Crippen LogP) is 3.50. The molecule has 0 unspecified atom stereocenters. The molecular formula is C15H22ClN3. The summed E-state index contributed by atoms with van der Waals surface area (Å²) in [5.41, 5.74) is 8.92. The minimum atomic E-state index is 0.448. The van der Waals surface area contributed by atoms with Crippen molar-refractivity contribution in [2.45, 2.75) is 32.9 Å². The molecule has 104 valence electrons. The number of nitrogen functional groups attached to an aromatic ring is 1. The van der Waals surface area contributed by atoms with Gasteiger partial charge in [-0.2, -0.15) is 0 Å². The molecule has 4 heteroatoms. The van der Waals surface area contributed by atoms with Gasteiger partial charge in [0.25, 0.3) is 0 Å². The van der Waals surface area contributed by atoms with Crippen molar-refractivity contribution in [3.8, 4) is 0 Å². The summed E-state index contributed by atoms with van der Waals surface area (Å²) in [7, 11) is 0. The molecule has 0 saturated heterocycles. The van der Waals surface area contributed by atoms with E-state index in [9.17, 15) is 0 Å². The standard InChI is InChI=1S/C15H22ClN3/c1-3-4-5-8-19-10-12-13(16)6-7-14(17)15(12)18-9-11(19)2/h4-7,11,18H,3,8-10,17H2,1-2H3/b5-4-/t11-/m0/s1. The number of nitrogens with two attached hydrogens (primary N) is 1. The zero-order valence-electron chi connectivity index (χ0n) is 11.6. The fraction of sp³-hybridized carbons (Fsp3) is 0.467. The van der Waals surface area contributed by atoms with Crippen molar-refractivity contribution in [2.24, 2.45) is 0 Å². The van der Waals surface area contributed by atoms with Crippen molar-refractivity contribution in [2.75, 3.05) is 24.1 Å². The van der Waals surface area contributed by atoms with E-state index < -0.39 is 0 Å². The fourth-order valence-corrected chi connectivity index (χ4v) is 2.58. The molecular weight excluding hydrogens is 258 g/mol. The fourth-order valence-electron chi connectivity index (χ4n) is 2.36. The lowest BCUT2D eigenvalue weighted by molar-refractivity contribution is 0.236. The van der Waals surface area contributed by atoms with Gasteiger partial charge in [-0.1, -0.05) is 30.7 Å². The molecule has 0 radical (unpaired) electrons. The largest absolute Gasteiger partial charge is 0.397 e. The summed E-state index contributed by atoms with van der Waals surface area (Å²) in [5.74, 6) is 0. The van der Waals surface area contributed by atoms with E-state index in [4.69, 9.17) is 17.3 Å². The van der Waals surface area contributed by atoms with Crippen LogP contribution in [0.3, 0.4) is 0 Å². The highest BCUT2D eigenvalue weighted by Gasteiger charge is 2.22. The van der Waals surface area contributed by atoms with Crippen LogP contribution in [0.1, 0.15) is 25.8 Å². The van der Waals surface area contributed by atoms with Crippen molar-refractivity contribution in [3.63, 3.8) is 0 Å².